The van der Waals surface area contributed by atoms with Crippen LogP contribution < -0.4 is 154 Å². The van der Waals surface area contributed by atoms with Crippen LogP contribution in [0.25, 0.3) is 10.4 Å². The van der Waals surface area contributed by atoms with E-state index in [1.54, 1.807) is 0 Å². The fourth-order valence-corrected chi connectivity index (χ4v) is 0.264. The van der Waals surface area contributed by atoms with Gasteiger partial charge >= 0.3 is 203 Å². The van der Waals surface area contributed by atoms with Gasteiger partial charge in [-0.3, -0.25) is 0 Å². The molecule has 3 nitrogen and oxygen atoms in total. The van der Waals surface area contributed by atoms with Gasteiger partial charge < -0.3 is 0 Å². The fraction of sp³-hybridized carbons (Fsp3) is 0. The van der Waals surface area contributed by atoms with Crippen molar-refractivity contribution in [3.8, 4) is 0 Å². The van der Waals surface area contributed by atoms with Gasteiger partial charge in [0.25, 0.3) is 0 Å². The van der Waals surface area contributed by atoms with Crippen molar-refractivity contribution in [2.75, 3.05) is 0 Å². The van der Waals surface area contributed by atoms with Gasteiger partial charge in [-0.15, -0.1) is 0 Å². The molecule has 0 aliphatic heterocycles. The molecule has 13 heteroatoms. The average molecular weight is 332 g/mol. The summed E-state index contributed by atoms with van der Waals surface area (Å²) in [4.78, 5) is 0.653. The summed E-state index contributed by atoms with van der Waals surface area (Å²) < 4.78 is 64.9. The van der Waals surface area contributed by atoms with Crippen LogP contribution in [0, 0.1) is 0 Å². The third-order valence-electron chi connectivity index (χ3n) is 0.172. The van der Waals surface area contributed by atoms with E-state index in [-0.39, 0.29) is 158 Å². The van der Waals surface area contributed by atoms with Crippen molar-refractivity contribution in [3.63, 3.8) is 0 Å². The van der Waals surface area contributed by atoms with Crippen LogP contribution >= 0.6 is 0 Å². The number of halogens is 6. The summed E-state index contributed by atoms with van der Waals surface area (Å²) in [5.74, 6) is 0. The van der Waals surface area contributed by atoms with Gasteiger partial charge in [0, 0.05) is 0 Å². The molecule has 0 aliphatic rings. The Labute approximate surface area is 196 Å². The SMILES string of the molecule is [K+].[K+].[K+].[N-]=[N+]=[N][Ni-3]([F])([F])([F])([F])([F])[F]. The number of hydrogen-bond acceptors (Lipinski definition) is 1. The van der Waals surface area contributed by atoms with Gasteiger partial charge in [0.2, 0.25) is 0 Å². The molecule has 0 heterocycles. The van der Waals surface area contributed by atoms with E-state index in [1.165, 1.54) is 0 Å². The molecule has 0 aliphatic carbocycles. The number of rotatable bonds is 1. The van der Waals surface area contributed by atoms with E-state index >= 15 is 0 Å². The molecule has 0 aromatic rings. The van der Waals surface area contributed by atoms with Crippen molar-refractivity contribution in [2.45, 2.75) is 0 Å². The molecule has 0 saturated carbocycles. The Hall–Kier alpha value is 4.29. The minimum atomic E-state index is -12.0. The van der Waals surface area contributed by atoms with Gasteiger partial charge in [0.15, 0.2) is 0 Å². The third kappa shape index (κ3) is 26.1. The van der Waals surface area contributed by atoms with Crippen molar-refractivity contribution < 1.29 is 188 Å². The first-order valence-corrected chi connectivity index (χ1v) is 3.94. The molecule has 0 aromatic carbocycles. The van der Waals surface area contributed by atoms with Crippen LogP contribution in [0.3, 0.4) is 0 Å². The van der Waals surface area contributed by atoms with Crippen LogP contribution in [0.5, 0.6) is 0 Å². The molecule has 0 N–H and O–H groups in total. The molecule has 70 valence electrons. The second-order valence-electron chi connectivity index (χ2n) is 1.15. The predicted octanol–water partition coefficient (Wildman–Crippen LogP) is -5.71. The molecule has 0 aromatic heterocycles. The summed E-state index contributed by atoms with van der Waals surface area (Å²) >= 11 is -12.0. The van der Waals surface area contributed by atoms with E-state index in [0.29, 0.717) is 4.91 Å². The predicted molar refractivity (Wildman–Crippen MR) is 15.8 cm³/mol. The van der Waals surface area contributed by atoms with Gasteiger partial charge in [-0.25, -0.2) is 0 Å². The Morgan fingerprint density at radius 1 is 0.846 bits per heavy atom. The minimum absolute atomic E-state index is 0. The summed E-state index contributed by atoms with van der Waals surface area (Å²) in [6.07, 6.45) is 0. The number of azide groups is 1. The molecule has 0 fully saturated rings. The number of hydrogen-bond donors (Lipinski definition) is 0. The van der Waals surface area contributed by atoms with Crippen LogP contribution in [0.15, 0.2) is 4.19 Å². The second-order valence-corrected chi connectivity index (χ2v) is 4.47. The first-order valence-electron chi connectivity index (χ1n) is 1.26. The summed E-state index contributed by atoms with van der Waals surface area (Å²) in [5, 5.41) is 0. The molecule has 0 rings (SSSR count). The van der Waals surface area contributed by atoms with E-state index in [4.69, 9.17) is 5.53 Å². The zero-order valence-electron chi connectivity index (χ0n) is 6.93. The van der Waals surface area contributed by atoms with E-state index in [1.807, 2.05) is 0 Å². The van der Waals surface area contributed by atoms with Gasteiger partial charge in [-0.05, 0) is 0 Å². The van der Waals surface area contributed by atoms with E-state index in [0.717, 1.165) is 0 Å². The molecule has 0 saturated heterocycles. The van der Waals surface area contributed by atoms with Crippen molar-refractivity contribution in [2.24, 2.45) is 4.19 Å². The molecular weight excluding hydrogens is 332 g/mol. The topological polar surface area (TPSA) is 48.8 Å². The first kappa shape index (κ1) is 26.0. The molecule has 0 radical (unpaired) electrons. The second kappa shape index (κ2) is 5.12. The van der Waals surface area contributed by atoms with Crippen molar-refractivity contribution in [1.29, 1.82) is 0 Å². The van der Waals surface area contributed by atoms with Crippen LogP contribution in [-0.2, 0) is 12.2 Å². The Balaban J connectivity index is -0.000000135. The molecular formula is F6K3N3Ni. The monoisotopic (exact) mass is 331 g/mol. The van der Waals surface area contributed by atoms with Gasteiger partial charge in [0.1, 0.15) is 0 Å². The summed E-state index contributed by atoms with van der Waals surface area (Å²) in [7, 11) is 0. The Bertz CT molecular complexity index is 221. The van der Waals surface area contributed by atoms with E-state index in [9.17, 15) is 21.6 Å². The standard InChI is InChI=1S/6FH.3K.N3.Ni/c;;;;;;;;;1-3-2;/h6*1H;;;;;/q;;;;;;3*+1;-1;+4/p-6. The number of nitrogens with zero attached hydrogens (tertiary/aromatic N) is 3. The van der Waals surface area contributed by atoms with Crippen LogP contribution in [-0.4, -0.2) is 0 Å². The maximum atomic E-state index is 10.8. The summed E-state index contributed by atoms with van der Waals surface area (Å²) in [5.41, 5.74) is 6.95. The summed E-state index contributed by atoms with van der Waals surface area (Å²) in [6.45, 7) is 0. The van der Waals surface area contributed by atoms with Crippen LogP contribution in [0.4, 0.5) is 21.6 Å². The molecule has 0 amide bonds. The van der Waals surface area contributed by atoms with Crippen molar-refractivity contribution in [3.05, 3.63) is 10.4 Å². The van der Waals surface area contributed by atoms with Gasteiger partial charge in [-0.2, -0.15) is 0 Å². The zero-order valence-corrected chi connectivity index (χ0v) is 17.3. The molecule has 13 heavy (non-hydrogen) atoms. The molecule has 0 spiro atoms. The first-order chi connectivity index (χ1) is 3.74. The molecule has 0 bridgehead atoms. The van der Waals surface area contributed by atoms with E-state index < -0.39 is 12.2 Å². The quantitative estimate of drug-likeness (QED) is 0.151. The molecule has 0 atom stereocenters. The normalized spacial score (nSPS) is 17.5. The Kier molecular flexibility index (Phi) is 10.2. The third-order valence-corrected chi connectivity index (χ3v) is 0.708. The van der Waals surface area contributed by atoms with E-state index in [2.05, 4.69) is 0 Å². The van der Waals surface area contributed by atoms with Crippen molar-refractivity contribution in [1.82, 2.24) is 0 Å². The van der Waals surface area contributed by atoms with Gasteiger partial charge in [0.05, 0.1) is 0 Å². The fourth-order valence-electron chi connectivity index (χ4n) is 0.0641. The summed E-state index contributed by atoms with van der Waals surface area (Å²) in [6, 6.07) is 0. The van der Waals surface area contributed by atoms with Gasteiger partial charge in [-0.1, -0.05) is 0 Å². The Morgan fingerprint density at radius 3 is 1.08 bits per heavy atom. The molecule has 0 unspecified atom stereocenters. The van der Waals surface area contributed by atoms with Crippen LogP contribution in [0.1, 0.15) is 0 Å². The van der Waals surface area contributed by atoms with Crippen LogP contribution in [0.2, 0.25) is 0 Å². The maximum absolute atomic E-state index is 12.0. The average Bonchev–Trinajstić information content (AvgIpc) is 1.19. The zero-order chi connectivity index (χ0) is 8.79. The van der Waals surface area contributed by atoms with Crippen molar-refractivity contribution >= 4 is 0 Å². The Morgan fingerprint density at radius 2 is 1.08 bits per heavy atom.